The van der Waals surface area contributed by atoms with Crippen molar-refractivity contribution in [2.24, 2.45) is 5.92 Å². The quantitative estimate of drug-likeness (QED) is 0.854. The van der Waals surface area contributed by atoms with Crippen LogP contribution in [0, 0.1) is 5.92 Å². The van der Waals surface area contributed by atoms with Crippen LogP contribution in [-0.4, -0.2) is 31.2 Å². The van der Waals surface area contributed by atoms with Crippen LogP contribution in [-0.2, 0) is 0 Å². The number of anilines is 1. The summed E-state index contributed by atoms with van der Waals surface area (Å²) in [5.74, 6) is 2.02. The van der Waals surface area contributed by atoms with Crippen molar-refractivity contribution < 1.29 is 0 Å². The Labute approximate surface area is 125 Å². The van der Waals surface area contributed by atoms with Crippen molar-refractivity contribution in [1.29, 1.82) is 0 Å². The normalized spacial score (nSPS) is 16.9. The largest absolute Gasteiger partial charge is 0.356 e. The van der Waals surface area contributed by atoms with E-state index in [-0.39, 0.29) is 0 Å². The smallest absolute Gasteiger partial charge is 0.137 e. The van der Waals surface area contributed by atoms with E-state index in [1.54, 1.807) is 11.3 Å². The van der Waals surface area contributed by atoms with E-state index in [0.29, 0.717) is 0 Å². The molecule has 3 heterocycles. The maximum absolute atomic E-state index is 4.62. The molecule has 2 aromatic heterocycles. The molecule has 0 spiro atoms. The number of pyridine rings is 1. The molecule has 0 unspecified atom stereocenters. The van der Waals surface area contributed by atoms with Crippen molar-refractivity contribution in [3.63, 3.8) is 0 Å². The van der Waals surface area contributed by atoms with Gasteiger partial charge in [0.15, 0.2) is 0 Å². The number of thiophene rings is 1. The lowest BCUT2D eigenvalue weighted by molar-refractivity contribution is 0.383. The number of fused-ring (bicyclic) bond motifs is 1. The van der Waals surface area contributed by atoms with E-state index in [1.165, 1.54) is 41.7 Å². The van der Waals surface area contributed by atoms with Gasteiger partial charge in [0.1, 0.15) is 5.82 Å². The minimum Gasteiger partial charge on any atom is -0.356 e. The van der Waals surface area contributed by atoms with Crippen LogP contribution in [0.25, 0.3) is 10.1 Å². The molecule has 4 heteroatoms. The second-order valence-corrected chi connectivity index (χ2v) is 6.55. The van der Waals surface area contributed by atoms with E-state index in [0.717, 1.165) is 25.6 Å². The highest BCUT2D eigenvalue weighted by Gasteiger charge is 2.21. The lowest BCUT2D eigenvalue weighted by Gasteiger charge is -2.33. The molecular weight excluding hydrogens is 266 g/mol. The first-order chi connectivity index (χ1) is 9.88. The van der Waals surface area contributed by atoms with Gasteiger partial charge in [0.2, 0.25) is 0 Å². The average Bonchev–Trinajstić information content (AvgIpc) is 2.97. The monoisotopic (exact) mass is 289 g/mol. The van der Waals surface area contributed by atoms with Gasteiger partial charge in [-0.3, -0.25) is 0 Å². The lowest BCUT2D eigenvalue weighted by atomic mass is 9.96. The lowest BCUT2D eigenvalue weighted by Crippen LogP contribution is -2.37. The van der Waals surface area contributed by atoms with Gasteiger partial charge in [-0.05, 0) is 55.8 Å². The fraction of sp³-hybridized carbons (Fsp3) is 0.562. The highest BCUT2D eigenvalue weighted by Crippen LogP contribution is 2.30. The van der Waals surface area contributed by atoms with Crippen molar-refractivity contribution in [1.82, 2.24) is 10.3 Å². The molecule has 1 saturated heterocycles. The SMILES string of the molecule is CCCNCC1CCN(c2nccc3sccc23)CC1. The van der Waals surface area contributed by atoms with E-state index in [4.69, 9.17) is 0 Å². The van der Waals surface area contributed by atoms with Crippen LogP contribution in [0.3, 0.4) is 0 Å². The summed E-state index contributed by atoms with van der Waals surface area (Å²) in [4.78, 5) is 7.08. The molecule has 0 aromatic carbocycles. The number of hydrogen-bond acceptors (Lipinski definition) is 4. The van der Waals surface area contributed by atoms with Gasteiger partial charge in [-0.1, -0.05) is 6.92 Å². The molecule has 108 valence electrons. The fourth-order valence-corrected chi connectivity index (χ4v) is 3.74. The first-order valence-corrected chi connectivity index (χ1v) is 8.54. The predicted molar refractivity (Wildman–Crippen MR) is 87.7 cm³/mol. The van der Waals surface area contributed by atoms with Crippen LogP contribution in [0.4, 0.5) is 5.82 Å². The molecule has 0 saturated carbocycles. The van der Waals surface area contributed by atoms with Crippen LogP contribution in [0.2, 0.25) is 0 Å². The molecule has 0 bridgehead atoms. The third-order valence-corrected chi connectivity index (χ3v) is 5.01. The molecule has 0 aliphatic carbocycles. The van der Waals surface area contributed by atoms with Crippen LogP contribution in [0.5, 0.6) is 0 Å². The molecular formula is C16H23N3S. The van der Waals surface area contributed by atoms with Gasteiger partial charge < -0.3 is 10.2 Å². The molecule has 1 fully saturated rings. The first kappa shape index (κ1) is 13.8. The fourth-order valence-electron chi connectivity index (χ4n) is 2.96. The van der Waals surface area contributed by atoms with Crippen LogP contribution in [0.1, 0.15) is 26.2 Å². The topological polar surface area (TPSA) is 28.2 Å². The average molecular weight is 289 g/mol. The molecule has 20 heavy (non-hydrogen) atoms. The van der Waals surface area contributed by atoms with E-state index in [1.807, 2.05) is 6.20 Å². The van der Waals surface area contributed by atoms with Crippen molar-refractivity contribution >= 4 is 27.2 Å². The van der Waals surface area contributed by atoms with Gasteiger partial charge in [0.05, 0.1) is 0 Å². The number of hydrogen-bond donors (Lipinski definition) is 1. The Morgan fingerprint density at radius 3 is 3.00 bits per heavy atom. The summed E-state index contributed by atoms with van der Waals surface area (Å²) in [5, 5.41) is 7.04. The molecule has 0 radical (unpaired) electrons. The highest BCUT2D eigenvalue weighted by atomic mass is 32.1. The number of nitrogens with zero attached hydrogens (tertiary/aromatic N) is 2. The zero-order valence-corrected chi connectivity index (χ0v) is 13.0. The minimum absolute atomic E-state index is 0.833. The molecule has 2 aromatic rings. The van der Waals surface area contributed by atoms with Gasteiger partial charge in [-0.25, -0.2) is 4.98 Å². The molecule has 3 nitrogen and oxygen atoms in total. The second kappa shape index (κ2) is 6.55. The summed E-state index contributed by atoms with van der Waals surface area (Å²) in [6, 6.07) is 4.32. The standard InChI is InChI=1S/C16H23N3S/c1-2-7-17-12-13-4-9-19(10-5-13)16-14-6-11-20-15(14)3-8-18-16/h3,6,8,11,13,17H,2,4-5,7,9-10,12H2,1H3. The Hall–Kier alpha value is -1.13. The zero-order valence-electron chi connectivity index (χ0n) is 12.1. The number of nitrogens with one attached hydrogen (secondary N) is 1. The van der Waals surface area contributed by atoms with E-state index in [2.05, 4.69) is 39.6 Å². The maximum atomic E-state index is 4.62. The van der Waals surface area contributed by atoms with E-state index < -0.39 is 0 Å². The number of rotatable bonds is 5. The molecule has 1 aliphatic heterocycles. The van der Waals surface area contributed by atoms with Crippen LogP contribution in [0.15, 0.2) is 23.7 Å². The molecule has 1 aliphatic rings. The van der Waals surface area contributed by atoms with Gasteiger partial charge >= 0.3 is 0 Å². The van der Waals surface area contributed by atoms with E-state index in [9.17, 15) is 0 Å². The van der Waals surface area contributed by atoms with Crippen molar-refractivity contribution in [2.75, 3.05) is 31.1 Å². The first-order valence-electron chi connectivity index (χ1n) is 7.66. The molecule has 0 atom stereocenters. The summed E-state index contributed by atoms with van der Waals surface area (Å²) in [5.41, 5.74) is 0. The molecule has 3 rings (SSSR count). The summed E-state index contributed by atoms with van der Waals surface area (Å²) >= 11 is 1.80. The van der Waals surface area contributed by atoms with Crippen molar-refractivity contribution in [2.45, 2.75) is 26.2 Å². The summed E-state index contributed by atoms with van der Waals surface area (Å²) in [7, 11) is 0. The van der Waals surface area contributed by atoms with Gasteiger partial charge in [0, 0.05) is 29.4 Å². The number of aromatic nitrogens is 1. The molecule has 0 amide bonds. The minimum atomic E-state index is 0.833. The highest BCUT2D eigenvalue weighted by molar-refractivity contribution is 7.17. The van der Waals surface area contributed by atoms with Crippen molar-refractivity contribution in [3.8, 4) is 0 Å². The van der Waals surface area contributed by atoms with Crippen LogP contribution < -0.4 is 10.2 Å². The third-order valence-electron chi connectivity index (χ3n) is 4.13. The third kappa shape index (κ3) is 2.96. The van der Waals surface area contributed by atoms with Gasteiger partial charge in [-0.2, -0.15) is 0 Å². The second-order valence-electron chi connectivity index (χ2n) is 5.60. The van der Waals surface area contributed by atoms with Gasteiger partial charge in [-0.15, -0.1) is 11.3 Å². The Bertz CT molecular complexity index is 543. The van der Waals surface area contributed by atoms with Crippen molar-refractivity contribution in [3.05, 3.63) is 23.7 Å². The Kier molecular flexibility index (Phi) is 4.53. The summed E-state index contributed by atoms with van der Waals surface area (Å²) < 4.78 is 1.35. The zero-order chi connectivity index (χ0) is 13.8. The summed E-state index contributed by atoms with van der Waals surface area (Å²) in [6.07, 6.45) is 5.73. The predicted octanol–water partition coefficient (Wildman–Crippen LogP) is 3.51. The Morgan fingerprint density at radius 2 is 2.20 bits per heavy atom. The van der Waals surface area contributed by atoms with E-state index >= 15 is 0 Å². The molecule has 1 N–H and O–H groups in total. The van der Waals surface area contributed by atoms with Crippen LogP contribution >= 0.6 is 11.3 Å². The summed E-state index contributed by atoms with van der Waals surface area (Å²) in [6.45, 7) is 6.83. The Morgan fingerprint density at radius 1 is 1.35 bits per heavy atom. The maximum Gasteiger partial charge on any atom is 0.137 e. The Balaban J connectivity index is 1.62. The number of piperidine rings is 1. The van der Waals surface area contributed by atoms with Gasteiger partial charge in [0.25, 0.3) is 0 Å².